The average Bonchev–Trinajstić information content (AvgIpc) is 3.37. The van der Waals surface area contributed by atoms with Gasteiger partial charge in [-0.25, -0.2) is 0 Å². The largest absolute Gasteiger partial charge is 0.490 e. The van der Waals surface area contributed by atoms with Gasteiger partial charge in [-0.2, -0.15) is 0 Å². The van der Waals surface area contributed by atoms with Gasteiger partial charge < -0.3 is 20.1 Å². The van der Waals surface area contributed by atoms with Crippen molar-refractivity contribution >= 4 is 39.1 Å². The van der Waals surface area contributed by atoms with E-state index < -0.39 is 0 Å². The number of halogens is 1. The van der Waals surface area contributed by atoms with Gasteiger partial charge in [0.1, 0.15) is 12.4 Å². The highest BCUT2D eigenvalue weighted by Crippen LogP contribution is 2.27. The quantitative estimate of drug-likeness (QED) is 0.370. The van der Waals surface area contributed by atoms with E-state index in [1.165, 1.54) is 0 Å². The highest BCUT2D eigenvalue weighted by atomic mass is 79.9. The van der Waals surface area contributed by atoms with Crippen molar-refractivity contribution in [2.24, 2.45) is 0 Å². The van der Waals surface area contributed by atoms with Gasteiger partial charge in [0, 0.05) is 30.0 Å². The Morgan fingerprint density at radius 1 is 0.971 bits per heavy atom. The van der Waals surface area contributed by atoms with E-state index in [4.69, 9.17) is 9.47 Å². The fourth-order valence-corrected chi connectivity index (χ4v) is 4.18. The van der Waals surface area contributed by atoms with Gasteiger partial charge in [0.2, 0.25) is 5.91 Å². The summed E-state index contributed by atoms with van der Waals surface area (Å²) in [7, 11) is 0. The Kier molecular flexibility index (Phi) is 8.33. The van der Waals surface area contributed by atoms with Crippen LogP contribution in [0.3, 0.4) is 0 Å². The van der Waals surface area contributed by atoms with Crippen LogP contribution in [0.2, 0.25) is 0 Å². The number of carbonyl (C=O) groups is 2. The van der Waals surface area contributed by atoms with Crippen LogP contribution in [-0.4, -0.2) is 31.1 Å². The zero-order chi connectivity index (χ0) is 23.8. The Bertz CT molecular complexity index is 1110. The number of amides is 2. The lowest BCUT2D eigenvalue weighted by Crippen LogP contribution is -2.16. The zero-order valence-electron chi connectivity index (χ0n) is 18.8. The molecule has 1 aliphatic heterocycles. The Balaban J connectivity index is 1.26. The molecule has 6 nitrogen and oxygen atoms in total. The van der Waals surface area contributed by atoms with Crippen LogP contribution in [0.25, 0.3) is 0 Å². The molecule has 1 heterocycles. The van der Waals surface area contributed by atoms with Crippen molar-refractivity contribution in [2.75, 3.05) is 23.8 Å². The summed E-state index contributed by atoms with van der Waals surface area (Å²) in [4.78, 5) is 24.9. The molecule has 7 heteroatoms. The Morgan fingerprint density at radius 2 is 1.71 bits per heavy atom. The molecule has 2 N–H and O–H groups in total. The molecule has 1 fully saturated rings. The lowest BCUT2D eigenvalue weighted by molar-refractivity contribution is -0.116. The fourth-order valence-electron chi connectivity index (χ4n) is 3.68. The minimum Gasteiger partial charge on any atom is -0.490 e. The maximum atomic E-state index is 12.7. The number of carbonyl (C=O) groups excluding carboxylic acids is 2. The first kappa shape index (κ1) is 24.0. The smallest absolute Gasteiger partial charge is 0.255 e. The van der Waals surface area contributed by atoms with Crippen molar-refractivity contribution in [3.8, 4) is 5.75 Å². The maximum absolute atomic E-state index is 12.7. The molecule has 3 aromatic carbocycles. The van der Waals surface area contributed by atoms with Crippen molar-refractivity contribution in [3.63, 3.8) is 0 Å². The van der Waals surface area contributed by atoms with Crippen LogP contribution in [0.4, 0.5) is 11.4 Å². The molecule has 34 heavy (non-hydrogen) atoms. The lowest BCUT2D eigenvalue weighted by atomic mass is 10.1. The number of benzene rings is 3. The SMILES string of the molecule is O=C(CCc1ccccc1)Nc1ccc(NC(=O)c2ccc(OCC3CCCO3)c(Br)c2)cc1. The van der Waals surface area contributed by atoms with Crippen LogP contribution in [0.5, 0.6) is 5.75 Å². The number of nitrogens with one attached hydrogen (secondary N) is 2. The molecule has 0 radical (unpaired) electrons. The molecule has 1 saturated heterocycles. The number of rotatable bonds is 9. The summed E-state index contributed by atoms with van der Waals surface area (Å²) >= 11 is 3.48. The van der Waals surface area contributed by atoms with E-state index in [2.05, 4.69) is 26.6 Å². The van der Waals surface area contributed by atoms with Gasteiger partial charge in [0.05, 0.1) is 10.6 Å². The summed E-state index contributed by atoms with van der Waals surface area (Å²) in [5.41, 5.74) is 2.97. The second-order valence-corrected chi connectivity index (χ2v) is 9.01. The number of hydrogen-bond donors (Lipinski definition) is 2. The summed E-state index contributed by atoms with van der Waals surface area (Å²) in [6, 6.07) is 22.2. The van der Waals surface area contributed by atoms with E-state index in [0.29, 0.717) is 46.6 Å². The van der Waals surface area contributed by atoms with Gasteiger partial charge in [-0.05, 0) is 83.2 Å². The van der Waals surface area contributed by atoms with Crippen molar-refractivity contribution in [1.82, 2.24) is 0 Å². The number of ether oxygens (including phenoxy) is 2. The van der Waals surface area contributed by atoms with E-state index in [-0.39, 0.29) is 17.9 Å². The molecule has 0 saturated carbocycles. The van der Waals surface area contributed by atoms with Gasteiger partial charge >= 0.3 is 0 Å². The van der Waals surface area contributed by atoms with Crippen molar-refractivity contribution in [2.45, 2.75) is 31.8 Å². The van der Waals surface area contributed by atoms with Crippen LogP contribution >= 0.6 is 15.9 Å². The molecule has 176 valence electrons. The first-order chi connectivity index (χ1) is 16.6. The maximum Gasteiger partial charge on any atom is 0.255 e. The first-order valence-electron chi connectivity index (χ1n) is 11.4. The second kappa shape index (κ2) is 11.8. The molecule has 4 rings (SSSR count). The molecule has 1 atom stereocenters. The molecule has 1 aliphatic rings. The highest BCUT2D eigenvalue weighted by molar-refractivity contribution is 9.10. The van der Waals surface area contributed by atoms with Gasteiger partial charge in [0.15, 0.2) is 0 Å². The Labute approximate surface area is 207 Å². The number of hydrogen-bond acceptors (Lipinski definition) is 4. The molecule has 0 bridgehead atoms. The summed E-state index contributed by atoms with van der Waals surface area (Å²) < 4.78 is 12.1. The summed E-state index contributed by atoms with van der Waals surface area (Å²) in [6.45, 7) is 1.29. The second-order valence-electron chi connectivity index (χ2n) is 8.16. The highest BCUT2D eigenvalue weighted by Gasteiger charge is 2.17. The fraction of sp³-hybridized carbons (Fsp3) is 0.259. The molecular formula is C27H27BrN2O4. The minimum absolute atomic E-state index is 0.0488. The number of anilines is 2. The molecule has 0 aromatic heterocycles. The third-order valence-corrected chi connectivity index (χ3v) is 6.17. The van der Waals surface area contributed by atoms with Crippen LogP contribution in [0.15, 0.2) is 77.3 Å². The third kappa shape index (κ3) is 6.92. The summed E-state index contributed by atoms with van der Waals surface area (Å²) in [5.74, 6) is 0.401. The van der Waals surface area contributed by atoms with Gasteiger partial charge in [-0.15, -0.1) is 0 Å². The Morgan fingerprint density at radius 3 is 2.38 bits per heavy atom. The van der Waals surface area contributed by atoms with E-state index >= 15 is 0 Å². The van der Waals surface area contributed by atoms with Crippen LogP contribution in [0.1, 0.15) is 35.2 Å². The van der Waals surface area contributed by atoms with E-state index in [1.807, 2.05) is 30.3 Å². The van der Waals surface area contributed by atoms with Crippen molar-refractivity contribution < 1.29 is 19.1 Å². The number of aryl methyl sites for hydroxylation is 1. The zero-order valence-corrected chi connectivity index (χ0v) is 20.3. The lowest BCUT2D eigenvalue weighted by Gasteiger charge is -2.13. The third-order valence-electron chi connectivity index (χ3n) is 5.55. The molecule has 1 unspecified atom stereocenters. The molecule has 3 aromatic rings. The van der Waals surface area contributed by atoms with Gasteiger partial charge in [0.25, 0.3) is 5.91 Å². The Hall–Kier alpha value is -3.16. The van der Waals surface area contributed by atoms with Crippen LogP contribution in [0, 0.1) is 0 Å². The molecule has 0 spiro atoms. The van der Waals surface area contributed by atoms with E-state index in [9.17, 15) is 9.59 Å². The van der Waals surface area contributed by atoms with E-state index in [0.717, 1.165) is 25.0 Å². The summed E-state index contributed by atoms with van der Waals surface area (Å²) in [6.07, 6.45) is 3.30. The normalized spacial score (nSPS) is 15.0. The summed E-state index contributed by atoms with van der Waals surface area (Å²) in [5, 5.41) is 5.77. The van der Waals surface area contributed by atoms with Crippen molar-refractivity contribution in [1.29, 1.82) is 0 Å². The molecule has 0 aliphatic carbocycles. The van der Waals surface area contributed by atoms with Crippen LogP contribution < -0.4 is 15.4 Å². The first-order valence-corrected chi connectivity index (χ1v) is 12.2. The monoisotopic (exact) mass is 522 g/mol. The van der Waals surface area contributed by atoms with Gasteiger partial charge in [-0.3, -0.25) is 9.59 Å². The minimum atomic E-state index is -0.231. The predicted octanol–water partition coefficient (Wildman–Crippen LogP) is 5.83. The van der Waals surface area contributed by atoms with E-state index in [1.54, 1.807) is 42.5 Å². The predicted molar refractivity (Wildman–Crippen MR) is 136 cm³/mol. The van der Waals surface area contributed by atoms with Gasteiger partial charge in [-0.1, -0.05) is 30.3 Å². The van der Waals surface area contributed by atoms with Crippen LogP contribution in [-0.2, 0) is 16.0 Å². The average molecular weight is 523 g/mol. The standard InChI is InChI=1S/C27H27BrN2O4/c28-24-17-20(9-14-25(24)34-18-23-7-4-16-33-23)27(32)30-22-12-10-21(11-13-22)29-26(31)15-8-19-5-2-1-3-6-19/h1-3,5-6,9-14,17,23H,4,7-8,15-16,18H2,(H,29,31)(H,30,32). The van der Waals surface area contributed by atoms with Crippen molar-refractivity contribution in [3.05, 3.63) is 88.4 Å². The topological polar surface area (TPSA) is 76.7 Å². The molecular weight excluding hydrogens is 496 g/mol. The molecule has 2 amide bonds.